The number of amides is 7. The minimum absolute atomic E-state index is 0.0275. The number of likely N-dealkylation sites (tertiary alicyclic amines) is 1. The third kappa shape index (κ3) is 23.1. The lowest BCUT2D eigenvalue weighted by molar-refractivity contribution is -0.147. The van der Waals surface area contributed by atoms with Crippen molar-refractivity contribution in [3.63, 3.8) is 0 Å². The van der Waals surface area contributed by atoms with Gasteiger partial charge in [-0.05, 0) is 89.6 Å². The van der Waals surface area contributed by atoms with E-state index in [-0.39, 0.29) is 74.8 Å². The number of ether oxygens (including phenoxy) is 1. The molecule has 0 spiro atoms. The molecule has 0 bridgehead atoms. The number of hydrogen-bond acceptors (Lipinski definition) is 10. The molecular formula is C53H94N8O9. The first-order valence-electron chi connectivity index (χ1n) is 25.7. The summed E-state index contributed by atoms with van der Waals surface area (Å²) in [6.45, 7) is 20.7. The summed E-state index contributed by atoms with van der Waals surface area (Å²) in [5.74, 6) is -2.86. The van der Waals surface area contributed by atoms with Crippen LogP contribution in [0.15, 0.2) is 37.0 Å². The smallest absolute Gasteiger partial charge is 0.245 e. The second kappa shape index (κ2) is 33.9. The summed E-state index contributed by atoms with van der Waals surface area (Å²) in [5.41, 5.74) is 0. The first kappa shape index (κ1) is 63.4. The molecule has 0 saturated carbocycles. The number of aliphatic hydroxyl groups is 1. The Hall–Kier alpha value is -4.61. The van der Waals surface area contributed by atoms with Crippen molar-refractivity contribution in [1.29, 1.82) is 0 Å². The predicted octanol–water partition coefficient (Wildman–Crippen LogP) is 4.64. The average Bonchev–Trinajstić information content (AvgIpc) is 3.31. The largest absolute Gasteiger partial charge is 0.394 e. The molecule has 1 aliphatic heterocycles. The zero-order valence-corrected chi connectivity index (χ0v) is 45.4. The predicted molar refractivity (Wildman–Crippen MR) is 277 cm³/mol. The maximum atomic E-state index is 14.4. The Balaban J connectivity index is 3.48. The molecule has 70 heavy (non-hydrogen) atoms. The fourth-order valence-electron chi connectivity index (χ4n) is 8.34. The number of nitrogens with zero attached hydrogens (tertiary/aromatic N) is 6. The summed E-state index contributed by atoms with van der Waals surface area (Å²) < 4.78 is 5.66. The Morgan fingerprint density at radius 3 is 1.76 bits per heavy atom. The molecule has 6 atom stereocenters. The van der Waals surface area contributed by atoms with Crippen LogP contribution >= 0.6 is 0 Å². The summed E-state index contributed by atoms with van der Waals surface area (Å²) in [5, 5.41) is 15.4. The molecule has 1 saturated heterocycles. The maximum absolute atomic E-state index is 14.4. The molecule has 400 valence electrons. The lowest BCUT2D eigenvalue weighted by Gasteiger charge is -2.36. The highest BCUT2D eigenvalue weighted by Crippen LogP contribution is 2.20. The van der Waals surface area contributed by atoms with Gasteiger partial charge < -0.3 is 45.0 Å². The number of carbonyl (C=O) groups excluding carboxylic acids is 7. The van der Waals surface area contributed by atoms with E-state index in [1.54, 1.807) is 37.0 Å². The van der Waals surface area contributed by atoms with Crippen LogP contribution in [-0.4, -0.2) is 193 Å². The molecule has 0 aliphatic carbocycles. The molecule has 1 fully saturated rings. The summed E-state index contributed by atoms with van der Waals surface area (Å²) in [6.07, 6.45) is 14.5. The van der Waals surface area contributed by atoms with Crippen molar-refractivity contribution in [2.45, 2.75) is 162 Å². The number of allylic oxidation sites excluding steroid dienone is 4. The van der Waals surface area contributed by atoms with Crippen LogP contribution in [0.2, 0.25) is 0 Å². The Bertz CT molecular complexity index is 1700. The van der Waals surface area contributed by atoms with Gasteiger partial charge in [-0.25, -0.2) is 0 Å². The van der Waals surface area contributed by atoms with E-state index in [0.29, 0.717) is 32.4 Å². The first-order valence-corrected chi connectivity index (χ1v) is 25.7. The van der Waals surface area contributed by atoms with Gasteiger partial charge in [0.25, 0.3) is 0 Å². The van der Waals surface area contributed by atoms with Crippen LogP contribution in [0.5, 0.6) is 0 Å². The van der Waals surface area contributed by atoms with Gasteiger partial charge in [0.1, 0.15) is 24.2 Å². The normalized spacial score (nSPS) is 15.7. The van der Waals surface area contributed by atoms with Crippen molar-refractivity contribution in [1.82, 2.24) is 40.0 Å². The molecule has 1 heterocycles. The lowest BCUT2D eigenvalue weighted by atomic mass is 9.99. The number of hydrogen-bond donors (Lipinski definition) is 3. The number of piperidine rings is 1. The highest BCUT2D eigenvalue weighted by atomic mass is 16.5. The van der Waals surface area contributed by atoms with Crippen LogP contribution in [0.1, 0.15) is 126 Å². The molecule has 17 nitrogen and oxygen atoms in total. The van der Waals surface area contributed by atoms with Gasteiger partial charge in [0, 0.05) is 53.7 Å². The summed E-state index contributed by atoms with van der Waals surface area (Å²) in [7, 11) is 8.27. The average molecular weight is 987 g/mol. The summed E-state index contributed by atoms with van der Waals surface area (Å²) >= 11 is 0. The molecule has 0 radical (unpaired) electrons. The standard InChI is InChI=1S/C53H94N8O9/c1-15-17-19-20-22-25-41(9)57(11)53(69)46(33-40(7)8)60(14)47(63)34-42(37-70-30-29-62)54-50(66)44(31-38(3)4)58(12)48(64)35-43(52(68)61-27-23-21-24-28-61)55-51(67)45(32-39(5)6)59(13)49(65)36-56(10)26-18-16-2/h15,17,19-20,22,38-46,62H,1,16,18,21,23-37H2,2-14H3,(H,54,66)(H,55,67)/b19-17-,22-20+/t41-,42-,43?,44+,45+,46+/m1/s1. The number of rotatable bonds is 33. The Kier molecular flexibility index (Phi) is 30.7. The van der Waals surface area contributed by atoms with Gasteiger partial charge >= 0.3 is 0 Å². The van der Waals surface area contributed by atoms with E-state index in [2.05, 4.69) is 24.1 Å². The second-order valence-corrected chi connectivity index (χ2v) is 20.5. The first-order chi connectivity index (χ1) is 33.0. The number of carbonyl (C=O) groups is 7. The minimum atomic E-state index is -1.26. The molecule has 0 aromatic carbocycles. The number of nitrogens with one attached hydrogen (secondary N) is 2. The van der Waals surface area contributed by atoms with Gasteiger partial charge in [0.05, 0.1) is 38.8 Å². The quantitative estimate of drug-likeness (QED) is 0.0617. The van der Waals surface area contributed by atoms with Gasteiger partial charge in [-0.1, -0.05) is 91.8 Å². The monoisotopic (exact) mass is 987 g/mol. The zero-order valence-electron chi connectivity index (χ0n) is 45.4. The topological polar surface area (TPSA) is 192 Å². The zero-order chi connectivity index (χ0) is 53.1. The molecule has 1 aliphatic rings. The molecule has 7 amide bonds. The van der Waals surface area contributed by atoms with Crippen molar-refractivity contribution >= 4 is 41.4 Å². The number of likely N-dealkylation sites (N-methyl/N-ethyl adjacent to an activating group) is 5. The Morgan fingerprint density at radius 1 is 0.686 bits per heavy atom. The third-order valence-corrected chi connectivity index (χ3v) is 12.8. The summed E-state index contributed by atoms with van der Waals surface area (Å²) in [6, 6.07) is -5.04. The lowest BCUT2D eigenvalue weighted by Crippen LogP contribution is -2.58. The van der Waals surface area contributed by atoms with Crippen LogP contribution in [0.4, 0.5) is 0 Å². The maximum Gasteiger partial charge on any atom is 0.245 e. The van der Waals surface area contributed by atoms with Crippen LogP contribution in [-0.2, 0) is 38.3 Å². The van der Waals surface area contributed by atoms with E-state index in [1.807, 2.05) is 84.7 Å². The summed E-state index contributed by atoms with van der Waals surface area (Å²) in [4.78, 5) is 108. The van der Waals surface area contributed by atoms with E-state index < -0.39 is 66.2 Å². The molecule has 0 aromatic rings. The van der Waals surface area contributed by atoms with E-state index in [9.17, 15) is 38.7 Å². The number of aliphatic hydroxyl groups excluding tert-OH is 1. The van der Waals surface area contributed by atoms with Gasteiger partial charge in [-0.2, -0.15) is 0 Å². The molecule has 0 aromatic heterocycles. The third-order valence-electron chi connectivity index (χ3n) is 12.8. The number of unbranched alkanes of at least 4 members (excludes halogenated alkanes) is 1. The van der Waals surface area contributed by atoms with Crippen molar-refractivity contribution in [3.05, 3.63) is 37.0 Å². The SMILES string of the molecule is C=C/C=C\C=C\C[C@@H](C)N(C)C(=O)[C@H](CC(C)C)N(C)C(=O)C[C@H](COCCO)NC(=O)[C@H](CC(C)C)N(C)C(=O)CC(NC(=O)[C@H](CC(C)C)N(C)C(=O)CN(C)CCCC)C(=O)N1CCCCC1. The molecule has 17 heteroatoms. The fourth-order valence-corrected chi connectivity index (χ4v) is 8.34. The van der Waals surface area contributed by atoms with Crippen LogP contribution in [0.3, 0.4) is 0 Å². The highest BCUT2D eigenvalue weighted by Gasteiger charge is 2.38. The van der Waals surface area contributed by atoms with E-state index in [1.165, 1.54) is 21.7 Å². The Labute approximate surface area is 421 Å². The van der Waals surface area contributed by atoms with Crippen LogP contribution < -0.4 is 10.6 Å². The molecular weight excluding hydrogens is 893 g/mol. The minimum Gasteiger partial charge on any atom is -0.394 e. The fraction of sp³-hybridized carbons (Fsp3) is 0.755. The molecule has 1 unspecified atom stereocenters. The molecule has 3 N–H and O–H groups in total. The van der Waals surface area contributed by atoms with Crippen LogP contribution in [0, 0.1) is 17.8 Å². The van der Waals surface area contributed by atoms with Crippen molar-refractivity contribution < 1.29 is 43.4 Å². The van der Waals surface area contributed by atoms with Crippen molar-refractivity contribution in [2.75, 3.05) is 81.2 Å². The van der Waals surface area contributed by atoms with Gasteiger partial charge in [-0.15, -0.1) is 0 Å². The Morgan fingerprint density at radius 2 is 1.21 bits per heavy atom. The highest BCUT2D eigenvalue weighted by molar-refractivity contribution is 5.96. The van der Waals surface area contributed by atoms with Gasteiger partial charge in [0.15, 0.2) is 0 Å². The van der Waals surface area contributed by atoms with E-state index in [0.717, 1.165) is 38.6 Å². The molecule has 1 rings (SSSR count). The van der Waals surface area contributed by atoms with Gasteiger partial charge in [-0.3, -0.25) is 38.5 Å². The van der Waals surface area contributed by atoms with Crippen molar-refractivity contribution in [2.24, 2.45) is 17.8 Å². The van der Waals surface area contributed by atoms with Gasteiger partial charge in [0.2, 0.25) is 41.4 Å². The van der Waals surface area contributed by atoms with Crippen molar-refractivity contribution in [3.8, 4) is 0 Å². The second-order valence-electron chi connectivity index (χ2n) is 20.5. The van der Waals surface area contributed by atoms with E-state index in [4.69, 9.17) is 4.74 Å². The van der Waals surface area contributed by atoms with Crippen LogP contribution in [0.25, 0.3) is 0 Å². The van der Waals surface area contributed by atoms with E-state index >= 15 is 0 Å².